The number of benzene rings is 2. The molecule has 28 heavy (non-hydrogen) atoms. The van der Waals surface area contributed by atoms with Crippen molar-refractivity contribution in [1.82, 2.24) is 9.78 Å². The molecule has 2 aromatic carbocycles. The minimum atomic E-state index is -0.390. The standard InChI is InChI=1S/C21H21N3O4/c1-14-4-6-15(7-5-14)17-10-11-21(26)24(23-17)13-20(25)22-18-9-8-16(27-2)12-19(18)28-3/h4-12H,13H2,1-3H3,(H,22,25). The van der Waals surface area contributed by atoms with Crippen molar-refractivity contribution in [3.63, 3.8) is 0 Å². The second-order valence-electron chi connectivity index (χ2n) is 6.19. The average Bonchev–Trinajstić information content (AvgIpc) is 2.70. The van der Waals surface area contributed by atoms with Gasteiger partial charge in [-0.05, 0) is 25.1 Å². The summed E-state index contributed by atoms with van der Waals surface area (Å²) in [7, 11) is 3.05. The molecule has 3 rings (SSSR count). The SMILES string of the molecule is COc1ccc(NC(=O)Cn2nc(-c3ccc(C)cc3)ccc2=O)c(OC)c1. The van der Waals surface area contributed by atoms with Crippen molar-refractivity contribution in [3.05, 3.63) is 70.5 Å². The highest BCUT2D eigenvalue weighted by molar-refractivity contribution is 5.92. The van der Waals surface area contributed by atoms with Crippen molar-refractivity contribution in [2.45, 2.75) is 13.5 Å². The summed E-state index contributed by atoms with van der Waals surface area (Å²) in [6, 6.07) is 15.9. The monoisotopic (exact) mass is 379 g/mol. The molecule has 0 aliphatic carbocycles. The lowest BCUT2D eigenvalue weighted by Gasteiger charge is -2.12. The van der Waals surface area contributed by atoms with E-state index in [2.05, 4.69) is 10.4 Å². The second kappa shape index (κ2) is 8.39. The normalized spacial score (nSPS) is 10.4. The Hall–Kier alpha value is -3.61. The highest BCUT2D eigenvalue weighted by atomic mass is 16.5. The van der Waals surface area contributed by atoms with Crippen LogP contribution in [0.2, 0.25) is 0 Å². The molecule has 0 fully saturated rings. The summed E-state index contributed by atoms with van der Waals surface area (Å²) >= 11 is 0. The first-order valence-electron chi connectivity index (χ1n) is 8.67. The summed E-state index contributed by atoms with van der Waals surface area (Å²) in [5.41, 5.74) is 2.75. The molecule has 0 aliphatic heterocycles. The van der Waals surface area contributed by atoms with E-state index in [1.54, 1.807) is 31.4 Å². The van der Waals surface area contributed by atoms with Crippen LogP contribution in [0.15, 0.2) is 59.4 Å². The van der Waals surface area contributed by atoms with Gasteiger partial charge in [0.15, 0.2) is 0 Å². The van der Waals surface area contributed by atoms with Crippen molar-refractivity contribution in [1.29, 1.82) is 0 Å². The van der Waals surface area contributed by atoms with Crippen molar-refractivity contribution in [2.24, 2.45) is 0 Å². The predicted molar refractivity (Wildman–Crippen MR) is 107 cm³/mol. The molecule has 1 amide bonds. The molecule has 144 valence electrons. The maximum absolute atomic E-state index is 12.5. The van der Waals surface area contributed by atoms with Crippen molar-refractivity contribution < 1.29 is 14.3 Å². The number of carbonyl (C=O) groups excluding carboxylic acids is 1. The first-order chi connectivity index (χ1) is 13.5. The summed E-state index contributed by atoms with van der Waals surface area (Å²) in [4.78, 5) is 24.6. The van der Waals surface area contributed by atoms with Crippen molar-refractivity contribution in [3.8, 4) is 22.8 Å². The van der Waals surface area contributed by atoms with E-state index >= 15 is 0 Å². The largest absolute Gasteiger partial charge is 0.497 e. The minimum Gasteiger partial charge on any atom is -0.497 e. The van der Waals surface area contributed by atoms with Gasteiger partial charge in [0, 0.05) is 17.7 Å². The fourth-order valence-corrected chi connectivity index (χ4v) is 2.67. The molecular weight excluding hydrogens is 358 g/mol. The molecule has 0 saturated heterocycles. The van der Waals surface area contributed by atoms with Crippen molar-refractivity contribution >= 4 is 11.6 Å². The number of amides is 1. The third-order valence-corrected chi connectivity index (χ3v) is 4.19. The Labute approximate surface area is 162 Å². The number of ether oxygens (including phenoxy) is 2. The van der Waals surface area contributed by atoms with Gasteiger partial charge in [0.1, 0.15) is 18.0 Å². The molecule has 1 aromatic heterocycles. The first kappa shape index (κ1) is 19.2. The Kier molecular flexibility index (Phi) is 5.74. The van der Waals surface area contributed by atoms with Gasteiger partial charge >= 0.3 is 0 Å². The van der Waals surface area contributed by atoms with E-state index in [0.717, 1.165) is 15.8 Å². The van der Waals surface area contributed by atoms with Crippen LogP contribution in [-0.2, 0) is 11.3 Å². The van der Waals surface area contributed by atoms with Crippen molar-refractivity contribution in [2.75, 3.05) is 19.5 Å². The maximum Gasteiger partial charge on any atom is 0.267 e. The van der Waals surface area contributed by atoms with Gasteiger partial charge in [0.25, 0.3) is 5.56 Å². The van der Waals surface area contributed by atoms with E-state index in [9.17, 15) is 9.59 Å². The second-order valence-corrected chi connectivity index (χ2v) is 6.19. The van der Waals surface area contributed by atoms with Gasteiger partial charge in [-0.1, -0.05) is 29.8 Å². The van der Waals surface area contributed by atoms with Gasteiger partial charge in [-0.15, -0.1) is 0 Å². The zero-order valence-corrected chi connectivity index (χ0v) is 15.9. The maximum atomic E-state index is 12.5. The molecule has 0 unspecified atom stereocenters. The molecule has 0 aliphatic rings. The number of nitrogens with zero attached hydrogens (tertiary/aromatic N) is 2. The molecule has 0 spiro atoms. The number of nitrogens with one attached hydrogen (secondary N) is 1. The third kappa shape index (κ3) is 4.37. The Morgan fingerprint density at radius 3 is 2.46 bits per heavy atom. The minimum absolute atomic E-state index is 0.215. The third-order valence-electron chi connectivity index (χ3n) is 4.19. The molecule has 3 aromatic rings. The molecule has 7 nitrogen and oxygen atoms in total. The van der Waals surface area contributed by atoms with Crippen LogP contribution in [0, 0.1) is 6.92 Å². The van der Waals surface area contributed by atoms with E-state index in [-0.39, 0.29) is 18.0 Å². The lowest BCUT2D eigenvalue weighted by molar-refractivity contribution is -0.117. The van der Waals surface area contributed by atoms with Crippen LogP contribution in [0.5, 0.6) is 11.5 Å². The molecule has 0 radical (unpaired) electrons. The number of aromatic nitrogens is 2. The van der Waals surface area contributed by atoms with E-state index in [0.29, 0.717) is 22.9 Å². The topological polar surface area (TPSA) is 82.5 Å². The number of hydrogen-bond acceptors (Lipinski definition) is 5. The fraction of sp³-hybridized carbons (Fsp3) is 0.190. The average molecular weight is 379 g/mol. The van der Waals surface area contributed by atoms with E-state index in [1.807, 2.05) is 31.2 Å². The fourth-order valence-electron chi connectivity index (χ4n) is 2.67. The Morgan fingerprint density at radius 1 is 1.04 bits per heavy atom. The Morgan fingerprint density at radius 2 is 1.79 bits per heavy atom. The zero-order valence-electron chi connectivity index (χ0n) is 15.9. The van der Waals surface area contributed by atoms with Crippen LogP contribution >= 0.6 is 0 Å². The van der Waals surface area contributed by atoms with Crippen LogP contribution in [0.1, 0.15) is 5.56 Å². The number of hydrogen-bond donors (Lipinski definition) is 1. The van der Waals surface area contributed by atoms with E-state index in [4.69, 9.17) is 9.47 Å². The van der Waals surface area contributed by atoms with E-state index < -0.39 is 0 Å². The van der Waals surface area contributed by atoms with E-state index in [1.165, 1.54) is 13.2 Å². The highest BCUT2D eigenvalue weighted by Gasteiger charge is 2.12. The first-order valence-corrected chi connectivity index (χ1v) is 8.67. The van der Waals surface area contributed by atoms with Crippen LogP contribution < -0.4 is 20.3 Å². The zero-order chi connectivity index (χ0) is 20.1. The molecule has 0 atom stereocenters. The quantitative estimate of drug-likeness (QED) is 0.712. The molecule has 0 bridgehead atoms. The van der Waals surface area contributed by atoms with Crippen LogP contribution in [0.4, 0.5) is 5.69 Å². The van der Waals surface area contributed by atoms with Gasteiger partial charge in [-0.2, -0.15) is 5.10 Å². The Balaban J connectivity index is 1.80. The van der Waals surface area contributed by atoms with Gasteiger partial charge in [-0.25, -0.2) is 4.68 Å². The van der Waals surface area contributed by atoms with Crippen LogP contribution in [-0.4, -0.2) is 29.9 Å². The van der Waals surface area contributed by atoms with Crippen LogP contribution in [0.3, 0.4) is 0 Å². The Bertz CT molecular complexity index is 1040. The van der Waals surface area contributed by atoms with Gasteiger partial charge in [-0.3, -0.25) is 9.59 Å². The number of anilines is 1. The highest BCUT2D eigenvalue weighted by Crippen LogP contribution is 2.29. The van der Waals surface area contributed by atoms with Crippen LogP contribution in [0.25, 0.3) is 11.3 Å². The number of aryl methyl sites for hydroxylation is 1. The predicted octanol–water partition coefficient (Wildman–Crippen LogP) is 2.87. The number of rotatable bonds is 6. The number of carbonyl (C=O) groups is 1. The molecule has 0 saturated carbocycles. The summed E-state index contributed by atoms with van der Waals surface area (Å²) in [6.45, 7) is 1.78. The summed E-state index contributed by atoms with van der Waals surface area (Å²) in [5.74, 6) is 0.680. The van der Waals surface area contributed by atoms with Gasteiger partial charge < -0.3 is 14.8 Å². The molecular formula is C21H21N3O4. The summed E-state index contributed by atoms with van der Waals surface area (Å²) in [6.07, 6.45) is 0. The summed E-state index contributed by atoms with van der Waals surface area (Å²) < 4.78 is 11.6. The lowest BCUT2D eigenvalue weighted by Crippen LogP contribution is -2.29. The lowest BCUT2D eigenvalue weighted by atomic mass is 10.1. The van der Waals surface area contributed by atoms with Gasteiger partial charge in [0.2, 0.25) is 5.91 Å². The van der Waals surface area contributed by atoms with Gasteiger partial charge in [0.05, 0.1) is 25.6 Å². The summed E-state index contributed by atoms with van der Waals surface area (Å²) in [5, 5.41) is 7.05. The molecule has 1 N–H and O–H groups in total. The molecule has 1 heterocycles. The number of methoxy groups -OCH3 is 2. The molecule has 7 heteroatoms. The smallest absolute Gasteiger partial charge is 0.267 e.